The minimum absolute atomic E-state index is 0.0364. The first-order valence-corrected chi connectivity index (χ1v) is 8.81. The van der Waals surface area contributed by atoms with Gasteiger partial charge < -0.3 is 5.11 Å². The molecule has 2 aliphatic rings. The normalized spacial score (nSPS) is 28.0. The van der Waals surface area contributed by atoms with Gasteiger partial charge in [0.05, 0.1) is 0 Å². The number of hydrogen-bond acceptors (Lipinski definition) is 3. The summed E-state index contributed by atoms with van der Waals surface area (Å²) in [5.41, 5.74) is 0. The van der Waals surface area contributed by atoms with Gasteiger partial charge in [0.25, 0.3) is 0 Å². The zero-order chi connectivity index (χ0) is 14.2. The second kappa shape index (κ2) is 5.37. The zero-order valence-electron chi connectivity index (χ0n) is 11.5. The topological polar surface area (TPSA) is 57.6 Å². The van der Waals surface area contributed by atoms with Crippen LogP contribution in [-0.2, 0) is 10.0 Å². The number of phenolic OH excluding ortho intramolecular Hbond substituents is 1. The number of phenols is 1. The van der Waals surface area contributed by atoms with Gasteiger partial charge in [0.1, 0.15) is 10.6 Å². The second-order valence-corrected chi connectivity index (χ2v) is 7.83. The van der Waals surface area contributed by atoms with Gasteiger partial charge in [-0.25, -0.2) is 8.42 Å². The van der Waals surface area contributed by atoms with Gasteiger partial charge in [0.2, 0.25) is 10.0 Å². The van der Waals surface area contributed by atoms with Crippen molar-refractivity contribution in [1.29, 1.82) is 0 Å². The molecule has 20 heavy (non-hydrogen) atoms. The molecular formula is C15H21NO3S. The molecule has 1 saturated heterocycles. The molecule has 2 atom stereocenters. The Hall–Kier alpha value is -1.07. The molecule has 3 rings (SSSR count). The predicted octanol–water partition coefficient (Wildman–Crippen LogP) is 2.59. The van der Waals surface area contributed by atoms with Crippen molar-refractivity contribution in [1.82, 2.24) is 4.31 Å². The molecule has 1 aliphatic heterocycles. The number of fused-ring (bicyclic) bond motifs is 1. The number of sulfonamides is 1. The molecule has 2 unspecified atom stereocenters. The van der Waals surface area contributed by atoms with Crippen LogP contribution in [0.4, 0.5) is 0 Å². The molecule has 0 bridgehead atoms. The molecule has 4 nitrogen and oxygen atoms in total. The third kappa shape index (κ3) is 2.44. The molecule has 0 radical (unpaired) electrons. The third-order valence-electron chi connectivity index (χ3n) is 4.74. The van der Waals surface area contributed by atoms with Gasteiger partial charge in [0, 0.05) is 13.1 Å². The first kappa shape index (κ1) is 13.9. The van der Waals surface area contributed by atoms with Crippen LogP contribution in [0.5, 0.6) is 5.75 Å². The largest absolute Gasteiger partial charge is 0.507 e. The van der Waals surface area contributed by atoms with E-state index in [1.54, 1.807) is 16.4 Å². The summed E-state index contributed by atoms with van der Waals surface area (Å²) in [5.74, 6) is 1.04. The van der Waals surface area contributed by atoms with Crippen LogP contribution in [0.3, 0.4) is 0 Å². The predicted molar refractivity (Wildman–Crippen MR) is 76.9 cm³/mol. The fourth-order valence-corrected chi connectivity index (χ4v) is 5.19. The zero-order valence-corrected chi connectivity index (χ0v) is 12.3. The fourth-order valence-electron chi connectivity index (χ4n) is 3.60. The highest BCUT2D eigenvalue weighted by Crippen LogP contribution is 2.38. The van der Waals surface area contributed by atoms with Crippen molar-refractivity contribution >= 4 is 10.0 Å². The maximum atomic E-state index is 12.6. The van der Waals surface area contributed by atoms with Crippen molar-refractivity contribution in [2.24, 2.45) is 11.8 Å². The van der Waals surface area contributed by atoms with E-state index in [-0.39, 0.29) is 10.6 Å². The number of nitrogens with zero attached hydrogens (tertiary/aromatic N) is 1. The molecule has 5 heteroatoms. The standard InChI is InChI=1S/C15H21NO3S/c17-14-7-3-4-8-15(14)20(18,19)16-10-9-12-5-1-2-6-13(12)11-16/h3-4,7-8,12-13,17H,1-2,5-6,9-11H2. The second-order valence-electron chi connectivity index (χ2n) is 5.92. The number of aromatic hydroxyl groups is 1. The number of benzene rings is 1. The van der Waals surface area contributed by atoms with Gasteiger partial charge in [-0.3, -0.25) is 0 Å². The number of rotatable bonds is 2. The van der Waals surface area contributed by atoms with Crippen molar-refractivity contribution in [2.75, 3.05) is 13.1 Å². The summed E-state index contributed by atoms with van der Waals surface area (Å²) in [6.45, 7) is 1.19. The van der Waals surface area contributed by atoms with E-state index in [0.29, 0.717) is 24.9 Å². The molecule has 110 valence electrons. The molecule has 0 amide bonds. The van der Waals surface area contributed by atoms with Crippen molar-refractivity contribution in [3.05, 3.63) is 24.3 Å². The first-order valence-electron chi connectivity index (χ1n) is 7.37. The smallest absolute Gasteiger partial charge is 0.246 e. The van der Waals surface area contributed by atoms with E-state index in [1.807, 2.05) is 0 Å². The molecule has 1 aromatic carbocycles. The molecule has 1 saturated carbocycles. The van der Waals surface area contributed by atoms with Crippen molar-refractivity contribution < 1.29 is 13.5 Å². The highest BCUT2D eigenvalue weighted by Gasteiger charge is 2.37. The van der Waals surface area contributed by atoms with E-state index in [9.17, 15) is 13.5 Å². The van der Waals surface area contributed by atoms with Crippen LogP contribution in [0.2, 0.25) is 0 Å². The van der Waals surface area contributed by atoms with E-state index < -0.39 is 10.0 Å². The highest BCUT2D eigenvalue weighted by molar-refractivity contribution is 7.89. The summed E-state index contributed by atoms with van der Waals surface area (Å²) in [5, 5.41) is 9.80. The molecule has 0 aromatic heterocycles. The van der Waals surface area contributed by atoms with Gasteiger partial charge in [-0.15, -0.1) is 0 Å². The van der Waals surface area contributed by atoms with Crippen LogP contribution in [0.15, 0.2) is 29.2 Å². The van der Waals surface area contributed by atoms with Gasteiger partial charge in [-0.2, -0.15) is 4.31 Å². The first-order chi connectivity index (χ1) is 9.59. The van der Waals surface area contributed by atoms with Crippen LogP contribution in [0, 0.1) is 11.8 Å². The van der Waals surface area contributed by atoms with Crippen LogP contribution >= 0.6 is 0 Å². The Morgan fingerprint density at radius 2 is 1.75 bits per heavy atom. The Balaban J connectivity index is 1.84. The summed E-state index contributed by atoms with van der Waals surface area (Å²) in [4.78, 5) is 0.0364. The monoisotopic (exact) mass is 295 g/mol. The fraction of sp³-hybridized carbons (Fsp3) is 0.600. The minimum Gasteiger partial charge on any atom is -0.507 e. The number of piperidine rings is 1. The average Bonchev–Trinajstić information content (AvgIpc) is 2.47. The van der Waals surface area contributed by atoms with E-state index >= 15 is 0 Å². The Bertz CT molecular complexity index is 585. The number of para-hydroxylation sites is 1. The summed E-state index contributed by atoms with van der Waals surface area (Å²) >= 11 is 0. The summed E-state index contributed by atoms with van der Waals surface area (Å²) in [7, 11) is -3.56. The van der Waals surface area contributed by atoms with Crippen LogP contribution < -0.4 is 0 Å². The molecule has 1 aliphatic carbocycles. The molecule has 2 fully saturated rings. The minimum atomic E-state index is -3.56. The average molecular weight is 295 g/mol. The lowest BCUT2D eigenvalue weighted by atomic mass is 9.76. The molecule has 1 N–H and O–H groups in total. The van der Waals surface area contributed by atoms with Gasteiger partial charge in [-0.1, -0.05) is 31.4 Å². The van der Waals surface area contributed by atoms with Crippen LogP contribution in [-0.4, -0.2) is 30.9 Å². The Morgan fingerprint density at radius 3 is 2.50 bits per heavy atom. The summed E-state index contributed by atoms with van der Waals surface area (Å²) in [6, 6.07) is 6.21. The third-order valence-corrected chi connectivity index (χ3v) is 6.65. The summed E-state index contributed by atoms with van der Waals surface area (Å²) in [6.07, 6.45) is 5.84. The van der Waals surface area contributed by atoms with Gasteiger partial charge >= 0.3 is 0 Å². The van der Waals surface area contributed by atoms with Crippen molar-refractivity contribution in [3.63, 3.8) is 0 Å². The number of hydrogen-bond donors (Lipinski definition) is 1. The maximum absolute atomic E-state index is 12.6. The van der Waals surface area contributed by atoms with Gasteiger partial charge in [0.15, 0.2) is 0 Å². The molecular weight excluding hydrogens is 274 g/mol. The quantitative estimate of drug-likeness (QED) is 0.912. The van der Waals surface area contributed by atoms with Gasteiger partial charge in [-0.05, 0) is 36.8 Å². The van der Waals surface area contributed by atoms with E-state index in [4.69, 9.17) is 0 Å². The Morgan fingerprint density at radius 1 is 1.05 bits per heavy atom. The molecule has 1 aromatic rings. The Kier molecular flexibility index (Phi) is 3.73. The highest BCUT2D eigenvalue weighted by atomic mass is 32.2. The van der Waals surface area contributed by atoms with Crippen molar-refractivity contribution in [3.8, 4) is 5.75 Å². The SMILES string of the molecule is O=S(=O)(c1ccccc1O)N1CCC2CCCCC2C1. The lowest BCUT2D eigenvalue weighted by Gasteiger charge is -2.40. The van der Waals surface area contributed by atoms with E-state index in [2.05, 4.69) is 0 Å². The maximum Gasteiger partial charge on any atom is 0.246 e. The lowest BCUT2D eigenvalue weighted by Crippen LogP contribution is -2.44. The Labute approximate surface area is 120 Å². The van der Waals surface area contributed by atoms with Crippen LogP contribution in [0.25, 0.3) is 0 Å². The summed E-state index contributed by atoms with van der Waals surface area (Å²) < 4.78 is 26.9. The lowest BCUT2D eigenvalue weighted by molar-refractivity contribution is 0.136. The van der Waals surface area contributed by atoms with E-state index in [0.717, 1.165) is 12.8 Å². The van der Waals surface area contributed by atoms with Crippen molar-refractivity contribution in [2.45, 2.75) is 37.0 Å². The molecule has 0 spiro atoms. The van der Waals surface area contributed by atoms with Crippen LogP contribution in [0.1, 0.15) is 32.1 Å². The van der Waals surface area contributed by atoms with E-state index in [1.165, 1.54) is 31.4 Å². The molecule has 1 heterocycles.